The summed E-state index contributed by atoms with van der Waals surface area (Å²) >= 11 is 0. The largest absolute Gasteiger partial charge is 0.392 e. The SMILES string of the molecule is Cc1cc(CO)cc(C(C)(N)F)c1.Fc1ccccc1.O=c1[nH]c(CN2CCOCC2)nn1P(O)O. The third-order valence-electron chi connectivity index (χ3n) is 4.91. The molecular weight excluding hydrogens is 495 g/mol. The summed E-state index contributed by atoms with van der Waals surface area (Å²) < 4.78 is 31.1. The summed E-state index contributed by atoms with van der Waals surface area (Å²) in [6.45, 7) is 6.41. The van der Waals surface area contributed by atoms with Gasteiger partial charge in [0.25, 0.3) is 0 Å². The van der Waals surface area contributed by atoms with Gasteiger partial charge in [0.15, 0.2) is 5.79 Å². The zero-order valence-electron chi connectivity index (χ0n) is 20.1. The monoisotopic (exact) mass is 527 g/mol. The van der Waals surface area contributed by atoms with Crippen LogP contribution in [-0.2, 0) is 23.7 Å². The second-order valence-corrected chi connectivity index (χ2v) is 9.08. The molecule has 1 fully saturated rings. The summed E-state index contributed by atoms with van der Waals surface area (Å²) in [6, 6.07) is 13.0. The summed E-state index contributed by atoms with van der Waals surface area (Å²) in [5.74, 6) is -1.58. The third kappa shape index (κ3) is 10.2. The normalized spacial score (nSPS) is 15.4. The molecule has 36 heavy (non-hydrogen) atoms. The van der Waals surface area contributed by atoms with Crippen molar-refractivity contribution in [1.82, 2.24) is 19.4 Å². The Balaban J connectivity index is 0.000000204. The molecule has 6 N–H and O–H groups in total. The van der Waals surface area contributed by atoms with Gasteiger partial charge < -0.3 is 19.6 Å². The first kappa shape index (κ1) is 29.7. The highest BCUT2D eigenvalue weighted by Crippen LogP contribution is 2.22. The van der Waals surface area contributed by atoms with Crippen molar-refractivity contribution in [2.24, 2.45) is 5.73 Å². The van der Waals surface area contributed by atoms with Gasteiger partial charge in [0, 0.05) is 18.7 Å². The van der Waals surface area contributed by atoms with E-state index >= 15 is 0 Å². The van der Waals surface area contributed by atoms with Crippen LogP contribution in [0, 0.1) is 12.7 Å². The van der Waals surface area contributed by atoms with Gasteiger partial charge in [0.05, 0.1) is 26.4 Å². The van der Waals surface area contributed by atoms with E-state index in [9.17, 15) is 13.6 Å². The fourth-order valence-electron chi connectivity index (χ4n) is 3.17. The van der Waals surface area contributed by atoms with Gasteiger partial charge in [0.1, 0.15) is 11.6 Å². The molecule has 4 rings (SSSR count). The van der Waals surface area contributed by atoms with E-state index in [1.165, 1.54) is 19.1 Å². The van der Waals surface area contributed by atoms with Crippen LogP contribution in [-0.4, -0.2) is 60.6 Å². The molecule has 13 heteroatoms. The Bertz CT molecular complexity index is 1120. The van der Waals surface area contributed by atoms with E-state index in [1.807, 2.05) is 6.92 Å². The summed E-state index contributed by atoms with van der Waals surface area (Å²) in [5.41, 5.74) is 6.69. The van der Waals surface area contributed by atoms with E-state index in [0.717, 1.165) is 18.7 Å². The zero-order chi connectivity index (χ0) is 26.7. The van der Waals surface area contributed by atoms with Crippen molar-refractivity contribution < 1.29 is 28.4 Å². The van der Waals surface area contributed by atoms with Crippen LogP contribution in [0.5, 0.6) is 0 Å². The number of H-pyrrole nitrogens is 1. The minimum absolute atomic E-state index is 0.0925. The molecule has 10 nitrogen and oxygen atoms in total. The maximum atomic E-state index is 13.3. The highest BCUT2D eigenvalue weighted by molar-refractivity contribution is 7.43. The molecule has 1 unspecified atom stereocenters. The van der Waals surface area contributed by atoms with Crippen molar-refractivity contribution in [2.45, 2.75) is 32.8 Å². The van der Waals surface area contributed by atoms with Crippen molar-refractivity contribution in [2.75, 3.05) is 26.3 Å². The van der Waals surface area contributed by atoms with Crippen LogP contribution in [0.1, 0.15) is 29.4 Å². The number of morpholine rings is 1. The topological polar surface area (TPSA) is 150 Å². The van der Waals surface area contributed by atoms with Gasteiger partial charge in [-0.05, 0) is 37.6 Å². The predicted octanol–water partition coefficient (Wildman–Crippen LogP) is 1.88. The maximum Gasteiger partial charge on any atom is 0.350 e. The van der Waals surface area contributed by atoms with Crippen LogP contribution in [0.15, 0.2) is 53.3 Å². The fraction of sp³-hybridized carbons (Fsp3) is 0.391. The van der Waals surface area contributed by atoms with Crippen LogP contribution >= 0.6 is 8.53 Å². The molecular formula is C23H32F2N5O5P. The Labute approximate surface area is 208 Å². The van der Waals surface area contributed by atoms with Crippen molar-refractivity contribution in [3.63, 3.8) is 0 Å². The quantitative estimate of drug-likeness (QED) is 0.249. The first-order valence-electron chi connectivity index (χ1n) is 11.1. The van der Waals surface area contributed by atoms with Crippen molar-refractivity contribution in [3.05, 3.63) is 87.3 Å². The lowest BCUT2D eigenvalue weighted by Crippen LogP contribution is -2.36. The number of benzene rings is 2. The van der Waals surface area contributed by atoms with Crippen LogP contribution in [0.2, 0.25) is 0 Å². The Hall–Kier alpha value is -2.57. The summed E-state index contributed by atoms with van der Waals surface area (Å²) in [6.07, 6.45) is 0. The number of aryl methyl sites for hydroxylation is 1. The Morgan fingerprint density at radius 2 is 1.83 bits per heavy atom. The molecule has 2 aromatic carbocycles. The van der Waals surface area contributed by atoms with Gasteiger partial charge >= 0.3 is 14.2 Å². The van der Waals surface area contributed by atoms with Crippen LogP contribution in [0.3, 0.4) is 0 Å². The number of aromatic nitrogens is 3. The minimum Gasteiger partial charge on any atom is -0.392 e. The number of hydrogen-bond donors (Lipinski definition) is 5. The molecule has 3 aromatic rings. The molecule has 0 radical (unpaired) electrons. The highest BCUT2D eigenvalue weighted by Gasteiger charge is 2.20. The van der Waals surface area contributed by atoms with Crippen LogP contribution in [0.25, 0.3) is 0 Å². The molecule has 0 bridgehead atoms. The lowest BCUT2D eigenvalue weighted by Gasteiger charge is -2.25. The summed E-state index contributed by atoms with van der Waals surface area (Å²) in [4.78, 5) is 33.6. The predicted molar refractivity (Wildman–Crippen MR) is 132 cm³/mol. The number of nitrogens with zero attached hydrogens (tertiary/aromatic N) is 3. The lowest BCUT2D eigenvalue weighted by atomic mass is 10.0. The number of nitrogens with one attached hydrogen (secondary N) is 1. The second kappa shape index (κ2) is 14.2. The number of ether oxygens (including phenoxy) is 1. The molecule has 0 saturated carbocycles. The van der Waals surface area contributed by atoms with Crippen molar-refractivity contribution >= 4 is 8.53 Å². The molecule has 0 amide bonds. The Morgan fingerprint density at radius 1 is 1.19 bits per heavy atom. The number of rotatable bonds is 5. The first-order valence-corrected chi connectivity index (χ1v) is 12.3. The fourth-order valence-corrected chi connectivity index (χ4v) is 3.57. The standard InChI is InChI=1S/C10H14FNO.C7H13N4O4P.C6H5F/c1-7-3-8(6-13)5-9(4-7)10(2,11)12;12-7-8-6(9-11(7)16(13)14)5-10-1-3-15-4-2-10;7-6-4-2-1-3-5-6/h3-5,13H,6,12H2,1-2H3;13-14H,1-5H2,(H,8,9,12);1-5H. The van der Waals surface area contributed by atoms with Crippen molar-refractivity contribution in [1.29, 1.82) is 0 Å². The number of alkyl halides is 1. The average molecular weight is 528 g/mol. The number of aliphatic hydroxyl groups excluding tert-OH is 1. The van der Waals surface area contributed by atoms with Crippen LogP contribution in [0.4, 0.5) is 8.78 Å². The molecule has 1 saturated heterocycles. The molecule has 2 heterocycles. The Kier molecular flexibility index (Phi) is 11.7. The summed E-state index contributed by atoms with van der Waals surface area (Å²) in [7, 11) is -2.50. The smallest absolute Gasteiger partial charge is 0.350 e. The molecule has 1 atom stereocenters. The van der Waals surface area contributed by atoms with Gasteiger partial charge in [0.2, 0.25) is 0 Å². The molecule has 0 aliphatic carbocycles. The van der Waals surface area contributed by atoms with Gasteiger partial charge in [-0.15, -0.1) is 9.55 Å². The van der Waals surface area contributed by atoms with Gasteiger partial charge in [-0.1, -0.05) is 35.9 Å². The van der Waals surface area contributed by atoms with E-state index in [-0.39, 0.29) is 12.4 Å². The number of aromatic amines is 1. The lowest BCUT2D eigenvalue weighted by molar-refractivity contribution is 0.0330. The molecule has 1 aliphatic heterocycles. The van der Waals surface area contributed by atoms with Gasteiger partial charge in [-0.25, -0.2) is 13.6 Å². The van der Waals surface area contributed by atoms with Gasteiger partial charge in [-0.2, -0.15) is 0 Å². The number of halogens is 2. The van der Waals surface area contributed by atoms with E-state index in [2.05, 4.69) is 15.0 Å². The van der Waals surface area contributed by atoms with Crippen LogP contribution < -0.4 is 11.4 Å². The van der Waals surface area contributed by atoms with Gasteiger partial charge in [-0.3, -0.25) is 15.6 Å². The highest BCUT2D eigenvalue weighted by atomic mass is 31.2. The number of hydrogen-bond acceptors (Lipinski definition) is 8. The van der Waals surface area contributed by atoms with E-state index < -0.39 is 20.0 Å². The maximum absolute atomic E-state index is 13.3. The second-order valence-electron chi connectivity index (χ2n) is 8.16. The molecule has 1 aromatic heterocycles. The van der Waals surface area contributed by atoms with E-state index in [0.29, 0.717) is 41.2 Å². The minimum atomic E-state index is -2.50. The molecule has 198 valence electrons. The molecule has 1 aliphatic rings. The zero-order valence-corrected chi connectivity index (χ0v) is 21.0. The van der Waals surface area contributed by atoms with E-state index in [4.69, 9.17) is 25.4 Å². The average Bonchev–Trinajstić information content (AvgIpc) is 3.20. The first-order chi connectivity index (χ1) is 17.0. The Morgan fingerprint density at radius 3 is 2.31 bits per heavy atom. The number of aliphatic hydroxyl groups is 1. The van der Waals surface area contributed by atoms with E-state index in [1.54, 1.807) is 36.4 Å². The molecule has 0 spiro atoms. The van der Waals surface area contributed by atoms with Crippen molar-refractivity contribution in [3.8, 4) is 0 Å². The third-order valence-corrected chi connectivity index (χ3v) is 5.52. The summed E-state index contributed by atoms with van der Waals surface area (Å²) in [5, 5.41) is 12.7. The number of nitrogens with two attached hydrogens (primary N) is 1.